The lowest BCUT2D eigenvalue weighted by Gasteiger charge is -2.62. The molecule has 10 unspecified atom stereocenters. The van der Waals surface area contributed by atoms with Crippen LogP contribution in [0.25, 0.3) is 0 Å². The molecular formula is C33H52O2. The number of hydrogen-bond acceptors (Lipinski definition) is 2. The minimum atomic E-state index is 0.00672. The highest BCUT2D eigenvalue weighted by Crippen LogP contribution is 2.65. The molecule has 2 nitrogen and oxygen atoms in total. The van der Waals surface area contributed by atoms with Crippen LogP contribution < -0.4 is 0 Å². The first-order valence-corrected chi connectivity index (χ1v) is 15.7. The first kappa shape index (κ1) is 24.6. The van der Waals surface area contributed by atoms with Crippen molar-refractivity contribution in [2.75, 3.05) is 0 Å². The van der Waals surface area contributed by atoms with Gasteiger partial charge in [0.05, 0.1) is 11.9 Å². The molecule has 2 heteroatoms. The quantitative estimate of drug-likeness (QED) is 0.307. The SMILES string of the molecule is CC(C)CC(C1=CC=C(OC(OC2CC3C4CCCC4C23)C2CCC3CCCCC32)CC1)C(C)C. The predicted molar refractivity (Wildman–Crippen MR) is 144 cm³/mol. The van der Waals surface area contributed by atoms with E-state index in [1.165, 1.54) is 82.8 Å². The van der Waals surface area contributed by atoms with E-state index >= 15 is 0 Å². The molecule has 0 aromatic carbocycles. The van der Waals surface area contributed by atoms with Gasteiger partial charge >= 0.3 is 0 Å². The highest BCUT2D eigenvalue weighted by atomic mass is 16.7. The van der Waals surface area contributed by atoms with Crippen LogP contribution in [0.15, 0.2) is 23.5 Å². The minimum absolute atomic E-state index is 0.00672. The van der Waals surface area contributed by atoms with E-state index in [2.05, 4.69) is 39.8 Å². The summed E-state index contributed by atoms with van der Waals surface area (Å²) in [5.74, 6) is 9.68. The van der Waals surface area contributed by atoms with E-state index in [1.807, 2.05) is 0 Å². The number of ether oxygens (including phenoxy) is 2. The molecular weight excluding hydrogens is 428 g/mol. The summed E-state index contributed by atoms with van der Waals surface area (Å²) >= 11 is 0. The molecule has 6 aliphatic carbocycles. The van der Waals surface area contributed by atoms with Crippen LogP contribution in [0, 0.1) is 59.2 Å². The zero-order chi connectivity index (χ0) is 24.1. The maximum atomic E-state index is 7.05. The number of hydrogen-bond donors (Lipinski definition) is 0. The van der Waals surface area contributed by atoms with E-state index in [0.29, 0.717) is 23.9 Å². The second kappa shape index (κ2) is 10.2. The van der Waals surface area contributed by atoms with E-state index in [1.54, 1.807) is 5.57 Å². The third-order valence-electron chi connectivity index (χ3n) is 11.6. The van der Waals surface area contributed by atoms with Crippen molar-refractivity contribution in [3.05, 3.63) is 23.5 Å². The summed E-state index contributed by atoms with van der Waals surface area (Å²) in [7, 11) is 0. The molecule has 10 atom stereocenters. The average molecular weight is 481 g/mol. The molecule has 0 aromatic rings. The van der Waals surface area contributed by atoms with Crippen LogP contribution in [0.5, 0.6) is 0 Å². The van der Waals surface area contributed by atoms with Gasteiger partial charge in [-0.2, -0.15) is 0 Å². The summed E-state index contributed by atoms with van der Waals surface area (Å²) in [6, 6.07) is 0. The standard InChI is InChI=1S/C33H52O2/c1-20(2)18-29(21(3)4)23-12-15-24(16-13-23)34-33(28-17-14-22-8-5-6-9-25(22)28)35-31-19-30-26-10-7-11-27(26)32(30)31/h12,15,20-22,25-33H,5-11,13-14,16-19H2,1-4H3. The first-order valence-electron chi connectivity index (χ1n) is 15.7. The third kappa shape index (κ3) is 4.68. The van der Waals surface area contributed by atoms with Gasteiger partial charge < -0.3 is 9.47 Å². The molecule has 0 saturated heterocycles. The zero-order valence-electron chi connectivity index (χ0n) is 23.1. The molecule has 0 N–H and O–H groups in total. The van der Waals surface area contributed by atoms with Crippen molar-refractivity contribution in [1.82, 2.24) is 0 Å². The molecule has 6 aliphatic rings. The fraction of sp³-hybridized carbons (Fsp3) is 0.879. The molecule has 35 heavy (non-hydrogen) atoms. The molecule has 0 radical (unpaired) electrons. The van der Waals surface area contributed by atoms with Crippen molar-refractivity contribution in [3.8, 4) is 0 Å². The largest absolute Gasteiger partial charge is 0.469 e. The molecule has 0 aliphatic heterocycles. The molecule has 0 heterocycles. The van der Waals surface area contributed by atoms with Crippen molar-refractivity contribution in [1.29, 1.82) is 0 Å². The number of rotatable bonds is 9. The lowest BCUT2D eigenvalue weighted by atomic mass is 9.46. The van der Waals surface area contributed by atoms with Crippen LogP contribution in [0.4, 0.5) is 0 Å². The van der Waals surface area contributed by atoms with Gasteiger partial charge in [-0.1, -0.05) is 65.0 Å². The van der Waals surface area contributed by atoms with Crippen LogP contribution in [-0.2, 0) is 9.47 Å². The molecule has 5 fully saturated rings. The van der Waals surface area contributed by atoms with Gasteiger partial charge in [-0.15, -0.1) is 0 Å². The molecule has 0 amide bonds. The highest BCUT2D eigenvalue weighted by molar-refractivity contribution is 5.23. The van der Waals surface area contributed by atoms with Gasteiger partial charge in [-0.05, 0) is 111 Å². The van der Waals surface area contributed by atoms with E-state index < -0.39 is 0 Å². The van der Waals surface area contributed by atoms with Gasteiger partial charge in [0.1, 0.15) is 0 Å². The Bertz CT molecular complexity index is 808. The molecule has 0 bridgehead atoms. The lowest BCUT2D eigenvalue weighted by Crippen LogP contribution is -2.61. The van der Waals surface area contributed by atoms with Crippen molar-refractivity contribution in [3.63, 3.8) is 0 Å². The number of allylic oxidation sites excluding steroid dienone is 4. The van der Waals surface area contributed by atoms with Gasteiger partial charge in [-0.25, -0.2) is 0 Å². The van der Waals surface area contributed by atoms with Crippen molar-refractivity contribution in [2.24, 2.45) is 59.2 Å². The Kier molecular flexibility index (Phi) is 7.15. The average Bonchev–Trinajstić information content (AvgIpc) is 3.44. The van der Waals surface area contributed by atoms with Crippen LogP contribution in [-0.4, -0.2) is 12.4 Å². The maximum Gasteiger partial charge on any atom is 0.202 e. The monoisotopic (exact) mass is 480 g/mol. The molecule has 196 valence electrons. The maximum absolute atomic E-state index is 7.05. The van der Waals surface area contributed by atoms with Crippen molar-refractivity contribution >= 4 is 0 Å². The molecule has 5 saturated carbocycles. The van der Waals surface area contributed by atoms with Gasteiger partial charge in [-0.3, -0.25) is 0 Å². The Labute approximate surface area is 215 Å². The Hall–Kier alpha value is -0.760. The fourth-order valence-electron chi connectivity index (χ4n) is 9.80. The van der Waals surface area contributed by atoms with Gasteiger partial charge in [0.25, 0.3) is 0 Å². The summed E-state index contributed by atoms with van der Waals surface area (Å²) in [4.78, 5) is 0. The van der Waals surface area contributed by atoms with Crippen LogP contribution in [0.3, 0.4) is 0 Å². The van der Waals surface area contributed by atoms with Gasteiger partial charge in [0.15, 0.2) is 0 Å². The summed E-state index contributed by atoms with van der Waals surface area (Å²) in [6.07, 6.45) is 23.0. The predicted octanol–water partition coefficient (Wildman–Crippen LogP) is 8.92. The second-order valence-electron chi connectivity index (χ2n) is 14.2. The Balaban J connectivity index is 1.16. The summed E-state index contributed by atoms with van der Waals surface area (Å²) < 4.78 is 14.0. The van der Waals surface area contributed by atoms with Crippen molar-refractivity contribution < 1.29 is 9.47 Å². The van der Waals surface area contributed by atoms with E-state index in [4.69, 9.17) is 9.47 Å². The molecule has 0 spiro atoms. The van der Waals surface area contributed by atoms with Crippen LogP contribution in [0.2, 0.25) is 0 Å². The lowest BCUT2D eigenvalue weighted by molar-refractivity contribution is -0.273. The summed E-state index contributed by atoms with van der Waals surface area (Å²) in [5.41, 5.74) is 1.65. The topological polar surface area (TPSA) is 18.5 Å². The zero-order valence-corrected chi connectivity index (χ0v) is 23.1. The van der Waals surface area contributed by atoms with Crippen LogP contribution >= 0.6 is 0 Å². The first-order chi connectivity index (χ1) is 17.0. The van der Waals surface area contributed by atoms with Crippen LogP contribution in [0.1, 0.15) is 111 Å². The van der Waals surface area contributed by atoms with E-state index in [-0.39, 0.29) is 6.29 Å². The molecule has 0 aromatic heterocycles. The number of fused-ring (bicyclic) bond motifs is 5. The van der Waals surface area contributed by atoms with Gasteiger partial charge in [0.2, 0.25) is 6.29 Å². The summed E-state index contributed by atoms with van der Waals surface area (Å²) in [6.45, 7) is 9.53. The fourth-order valence-corrected chi connectivity index (χ4v) is 9.80. The second-order valence-corrected chi connectivity index (χ2v) is 14.2. The minimum Gasteiger partial charge on any atom is -0.469 e. The Morgan fingerprint density at radius 2 is 1.60 bits per heavy atom. The summed E-state index contributed by atoms with van der Waals surface area (Å²) in [5, 5.41) is 0. The van der Waals surface area contributed by atoms with Gasteiger partial charge in [0, 0.05) is 12.3 Å². The van der Waals surface area contributed by atoms with E-state index in [0.717, 1.165) is 47.8 Å². The Morgan fingerprint density at radius 3 is 2.37 bits per heavy atom. The third-order valence-corrected chi connectivity index (χ3v) is 11.6. The molecule has 6 rings (SSSR count). The van der Waals surface area contributed by atoms with E-state index in [9.17, 15) is 0 Å². The Morgan fingerprint density at radius 1 is 0.800 bits per heavy atom. The van der Waals surface area contributed by atoms with Crippen molar-refractivity contribution in [2.45, 2.75) is 124 Å². The normalized spacial score (nSPS) is 41.8. The smallest absolute Gasteiger partial charge is 0.202 e. The highest BCUT2D eigenvalue weighted by Gasteiger charge is 2.62.